The molecule has 31 heavy (non-hydrogen) atoms. The van der Waals surface area contributed by atoms with E-state index in [4.69, 9.17) is 0 Å². The number of amides is 1. The van der Waals surface area contributed by atoms with Gasteiger partial charge < -0.3 is 9.88 Å². The third kappa shape index (κ3) is 6.27. The van der Waals surface area contributed by atoms with Gasteiger partial charge in [-0.1, -0.05) is 61.6 Å². The first-order chi connectivity index (χ1) is 14.8. The smallest absolute Gasteiger partial charge is 0.288 e. The number of carbonyl (C=O) groups excluding carboxylic acids is 1. The summed E-state index contributed by atoms with van der Waals surface area (Å²) in [5.41, 5.74) is 0.666. The summed E-state index contributed by atoms with van der Waals surface area (Å²) in [4.78, 5) is 12.7. The van der Waals surface area contributed by atoms with Crippen LogP contribution in [0.25, 0.3) is 11.4 Å². The number of rotatable bonds is 9. The van der Waals surface area contributed by atoms with Gasteiger partial charge in [-0.15, -0.1) is 10.2 Å². The molecule has 0 unspecified atom stereocenters. The summed E-state index contributed by atoms with van der Waals surface area (Å²) < 4.78 is 41.5. The quantitative estimate of drug-likeness (QED) is 0.405. The molecule has 0 aliphatic heterocycles. The van der Waals surface area contributed by atoms with Gasteiger partial charge in [-0.2, -0.15) is 8.78 Å². The van der Waals surface area contributed by atoms with Crippen molar-refractivity contribution in [3.05, 3.63) is 54.3 Å². The highest BCUT2D eigenvalue weighted by Gasteiger charge is 2.19. The zero-order valence-electron chi connectivity index (χ0n) is 16.9. The molecule has 0 aliphatic carbocycles. The minimum Gasteiger partial charge on any atom is -0.324 e. The van der Waals surface area contributed by atoms with Crippen LogP contribution < -0.4 is 5.32 Å². The number of halogens is 3. The van der Waals surface area contributed by atoms with E-state index in [9.17, 15) is 18.0 Å². The molecule has 0 spiro atoms. The number of aromatic nitrogens is 3. The first-order valence-corrected chi connectivity index (χ1v) is 11.4. The number of anilines is 1. The standard InChI is InChI=1S/C21H21F3N4OS2/c1-13(2)11-28-19(14-7-3-4-8-15(14)22)26-27-21(28)30-12-18(29)25-16-9-5-6-10-17(16)31-20(23)24/h3-10,13,20H,11-12H2,1-2H3,(H,25,29). The second kappa shape index (κ2) is 10.7. The molecule has 1 aromatic heterocycles. The van der Waals surface area contributed by atoms with Crippen molar-refractivity contribution in [1.29, 1.82) is 0 Å². The predicted molar refractivity (Wildman–Crippen MR) is 118 cm³/mol. The first-order valence-electron chi connectivity index (χ1n) is 9.49. The Bertz CT molecular complexity index is 1040. The molecule has 2 aromatic carbocycles. The Morgan fingerprint density at radius 1 is 1.10 bits per heavy atom. The molecule has 10 heteroatoms. The number of alkyl halides is 2. The van der Waals surface area contributed by atoms with Gasteiger partial charge in [-0.05, 0) is 30.2 Å². The Morgan fingerprint density at radius 3 is 2.52 bits per heavy atom. The largest absolute Gasteiger partial charge is 0.324 e. The van der Waals surface area contributed by atoms with Crippen molar-refractivity contribution >= 4 is 35.1 Å². The van der Waals surface area contributed by atoms with E-state index in [1.54, 1.807) is 41.0 Å². The second-order valence-corrected chi connectivity index (χ2v) is 8.98. The summed E-state index contributed by atoms with van der Waals surface area (Å²) in [6.07, 6.45) is 0. The van der Waals surface area contributed by atoms with Crippen LogP contribution in [0.4, 0.5) is 18.9 Å². The van der Waals surface area contributed by atoms with Crippen molar-refractivity contribution < 1.29 is 18.0 Å². The minimum absolute atomic E-state index is 0.00117. The van der Waals surface area contributed by atoms with E-state index in [0.29, 0.717) is 45.4 Å². The van der Waals surface area contributed by atoms with E-state index in [1.807, 2.05) is 13.8 Å². The molecular weight excluding hydrogens is 445 g/mol. The minimum atomic E-state index is -2.58. The highest BCUT2D eigenvalue weighted by atomic mass is 32.2. The van der Waals surface area contributed by atoms with Crippen molar-refractivity contribution in [2.24, 2.45) is 5.92 Å². The van der Waals surface area contributed by atoms with Crippen LogP contribution in [-0.2, 0) is 11.3 Å². The van der Waals surface area contributed by atoms with Gasteiger partial charge in [0.1, 0.15) is 5.82 Å². The number of thioether (sulfide) groups is 2. The van der Waals surface area contributed by atoms with Crippen molar-refractivity contribution in [1.82, 2.24) is 14.8 Å². The van der Waals surface area contributed by atoms with E-state index >= 15 is 0 Å². The predicted octanol–water partition coefficient (Wildman–Crippen LogP) is 5.79. The summed E-state index contributed by atoms with van der Waals surface area (Å²) in [7, 11) is 0. The van der Waals surface area contributed by atoms with Crippen molar-refractivity contribution in [2.45, 2.75) is 36.2 Å². The van der Waals surface area contributed by atoms with E-state index in [0.717, 1.165) is 11.8 Å². The van der Waals surface area contributed by atoms with E-state index < -0.39 is 11.6 Å². The lowest BCUT2D eigenvalue weighted by Gasteiger charge is -2.13. The topological polar surface area (TPSA) is 59.8 Å². The summed E-state index contributed by atoms with van der Waals surface area (Å²) in [5.74, 6) is -2.71. The molecule has 3 rings (SSSR count). The van der Waals surface area contributed by atoms with E-state index in [1.165, 1.54) is 12.1 Å². The fraction of sp³-hybridized carbons (Fsp3) is 0.286. The lowest BCUT2D eigenvalue weighted by molar-refractivity contribution is -0.113. The SMILES string of the molecule is CC(C)Cn1c(SCC(=O)Nc2ccccc2SC(F)F)nnc1-c1ccccc1F. The third-order valence-corrected chi connectivity index (χ3v) is 5.84. The Labute approximate surface area is 186 Å². The Morgan fingerprint density at radius 2 is 1.81 bits per heavy atom. The van der Waals surface area contributed by atoms with Crippen LogP contribution in [0.1, 0.15) is 13.8 Å². The number of hydrogen-bond acceptors (Lipinski definition) is 5. The number of para-hydroxylation sites is 1. The molecule has 3 aromatic rings. The molecule has 0 atom stereocenters. The number of nitrogens with one attached hydrogen (secondary N) is 1. The summed E-state index contributed by atoms with van der Waals surface area (Å²) in [5, 5.41) is 11.4. The lowest BCUT2D eigenvalue weighted by Crippen LogP contribution is -2.16. The number of nitrogens with zero attached hydrogens (tertiary/aromatic N) is 3. The van der Waals surface area contributed by atoms with Crippen molar-refractivity contribution in [3.63, 3.8) is 0 Å². The molecule has 0 fully saturated rings. The highest BCUT2D eigenvalue weighted by Crippen LogP contribution is 2.32. The Hall–Kier alpha value is -2.46. The molecule has 0 saturated carbocycles. The van der Waals surface area contributed by atoms with E-state index in [-0.39, 0.29) is 17.6 Å². The number of hydrogen-bond donors (Lipinski definition) is 1. The van der Waals surface area contributed by atoms with Gasteiger partial charge >= 0.3 is 0 Å². The van der Waals surface area contributed by atoms with Crippen LogP contribution in [-0.4, -0.2) is 32.2 Å². The second-order valence-electron chi connectivity index (χ2n) is 7.00. The zero-order chi connectivity index (χ0) is 22.4. The molecule has 5 nitrogen and oxygen atoms in total. The average Bonchev–Trinajstić information content (AvgIpc) is 3.09. The van der Waals surface area contributed by atoms with Gasteiger partial charge in [-0.3, -0.25) is 4.79 Å². The maximum atomic E-state index is 14.3. The monoisotopic (exact) mass is 466 g/mol. The van der Waals surface area contributed by atoms with E-state index in [2.05, 4.69) is 15.5 Å². The highest BCUT2D eigenvalue weighted by molar-refractivity contribution is 8.00. The number of carbonyl (C=O) groups is 1. The molecule has 1 N–H and O–H groups in total. The normalized spacial score (nSPS) is 11.3. The van der Waals surface area contributed by atoms with Crippen LogP contribution in [0.2, 0.25) is 0 Å². The van der Waals surface area contributed by atoms with Gasteiger partial charge in [0.15, 0.2) is 11.0 Å². The average molecular weight is 467 g/mol. The molecular formula is C21H21F3N4OS2. The molecule has 0 radical (unpaired) electrons. The lowest BCUT2D eigenvalue weighted by atomic mass is 10.2. The van der Waals surface area contributed by atoms with Crippen LogP contribution in [0.3, 0.4) is 0 Å². The van der Waals surface area contributed by atoms with Crippen LogP contribution in [0, 0.1) is 11.7 Å². The van der Waals surface area contributed by atoms with Gasteiger partial charge in [0, 0.05) is 11.4 Å². The van der Waals surface area contributed by atoms with Gasteiger partial charge in [-0.25, -0.2) is 4.39 Å². The molecule has 1 amide bonds. The first kappa shape index (κ1) is 23.2. The van der Waals surface area contributed by atoms with Crippen molar-refractivity contribution in [3.8, 4) is 11.4 Å². The Balaban J connectivity index is 1.75. The maximum Gasteiger partial charge on any atom is 0.288 e. The zero-order valence-corrected chi connectivity index (χ0v) is 18.5. The van der Waals surface area contributed by atoms with Crippen molar-refractivity contribution in [2.75, 3.05) is 11.1 Å². The van der Waals surface area contributed by atoms with Crippen LogP contribution >= 0.6 is 23.5 Å². The van der Waals surface area contributed by atoms with Gasteiger partial charge in [0.2, 0.25) is 5.91 Å². The molecule has 0 bridgehead atoms. The fourth-order valence-electron chi connectivity index (χ4n) is 2.85. The molecule has 164 valence electrons. The molecule has 1 heterocycles. The number of benzene rings is 2. The summed E-state index contributed by atoms with van der Waals surface area (Å²) in [6, 6.07) is 12.7. The van der Waals surface area contributed by atoms with Crippen LogP contribution in [0.15, 0.2) is 58.6 Å². The molecule has 0 aliphatic rings. The maximum absolute atomic E-state index is 14.3. The third-order valence-electron chi connectivity index (χ3n) is 4.09. The van der Waals surface area contributed by atoms with Crippen LogP contribution in [0.5, 0.6) is 0 Å². The summed E-state index contributed by atoms with van der Waals surface area (Å²) in [6.45, 7) is 4.59. The van der Waals surface area contributed by atoms with Gasteiger partial charge in [0.05, 0.1) is 17.0 Å². The fourth-order valence-corrected chi connectivity index (χ4v) is 4.19. The summed E-state index contributed by atoms with van der Waals surface area (Å²) >= 11 is 1.53. The van der Waals surface area contributed by atoms with Gasteiger partial charge in [0.25, 0.3) is 5.76 Å². The molecule has 0 saturated heterocycles. The Kier molecular flexibility index (Phi) is 8.03.